The zero-order chi connectivity index (χ0) is 14.8. The highest BCUT2D eigenvalue weighted by atomic mass is 19.1. The number of hydrogen-bond donors (Lipinski definition) is 0. The highest BCUT2D eigenvalue weighted by molar-refractivity contribution is 5.94. The molecule has 1 aromatic heterocycles. The lowest BCUT2D eigenvalue weighted by Crippen LogP contribution is -1.98. The lowest BCUT2D eigenvalue weighted by molar-refractivity contribution is 0.112. The van der Waals surface area contributed by atoms with E-state index in [2.05, 4.69) is 10.2 Å². The van der Waals surface area contributed by atoms with Gasteiger partial charge in [-0.1, -0.05) is 30.3 Å². The van der Waals surface area contributed by atoms with E-state index in [1.807, 2.05) is 13.1 Å². The molecule has 0 bridgehead atoms. The first-order valence-corrected chi connectivity index (χ1v) is 6.39. The summed E-state index contributed by atoms with van der Waals surface area (Å²) in [5.41, 5.74) is 2.85. The van der Waals surface area contributed by atoms with Gasteiger partial charge in [0.15, 0.2) is 12.1 Å². The molecule has 0 fully saturated rings. The Balaban J connectivity index is 2.28. The molecule has 104 valence electrons. The summed E-state index contributed by atoms with van der Waals surface area (Å²) in [4.78, 5) is 11.4. The normalized spacial score (nSPS) is 10.6. The fourth-order valence-corrected chi connectivity index (χ4v) is 2.30. The van der Waals surface area contributed by atoms with Crippen molar-refractivity contribution in [3.63, 3.8) is 0 Å². The van der Waals surface area contributed by atoms with Gasteiger partial charge in [0.2, 0.25) is 0 Å². The second kappa shape index (κ2) is 5.28. The van der Waals surface area contributed by atoms with Gasteiger partial charge in [-0.2, -0.15) is 0 Å². The van der Waals surface area contributed by atoms with Gasteiger partial charge in [0, 0.05) is 18.2 Å². The number of rotatable bonds is 3. The minimum Gasteiger partial charge on any atom is -0.317 e. The fourth-order valence-electron chi connectivity index (χ4n) is 2.30. The third-order valence-electron chi connectivity index (χ3n) is 3.31. The Hall–Kier alpha value is -2.82. The minimum absolute atomic E-state index is 0.300. The molecule has 3 aromatic rings. The summed E-state index contributed by atoms with van der Waals surface area (Å²) in [6.07, 6.45) is 2.36. The van der Waals surface area contributed by atoms with Crippen LogP contribution < -0.4 is 0 Å². The smallest absolute Gasteiger partial charge is 0.164 e. The Morgan fingerprint density at radius 1 is 1.14 bits per heavy atom. The molecule has 0 atom stereocenters. The molecule has 0 spiro atoms. The molecule has 4 nitrogen and oxygen atoms in total. The molecule has 0 radical (unpaired) electrons. The van der Waals surface area contributed by atoms with Crippen molar-refractivity contribution in [1.82, 2.24) is 14.8 Å². The van der Waals surface area contributed by atoms with Gasteiger partial charge >= 0.3 is 0 Å². The van der Waals surface area contributed by atoms with Gasteiger partial charge in [-0.05, 0) is 23.3 Å². The van der Waals surface area contributed by atoms with Crippen LogP contribution in [-0.4, -0.2) is 21.1 Å². The van der Waals surface area contributed by atoms with Crippen molar-refractivity contribution in [3.8, 4) is 22.5 Å². The number of halogens is 1. The molecule has 0 unspecified atom stereocenters. The van der Waals surface area contributed by atoms with E-state index in [0.717, 1.165) is 17.4 Å². The Kier molecular flexibility index (Phi) is 3.31. The second-order valence-electron chi connectivity index (χ2n) is 4.66. The van der Waals surface area contributed by atoms with Gasteiger partial charge in [0.05, 0.1) is 0 Å². The predicted octanol–water partition coefficient (Wildman–Crippen LogP) is 3.10. The van der Waals surface area contributed by atoms with E-state index in [1.165, 1.54) is 12.1 Å². The van der Waals surface area contributed by atoms with E-state index < -0.39 is 0 Å². The largest absolute Gasteiger partial charge is 0.317 e. The maximum absolute atomic E-state index is 13.1. The molecule has 0 saturated carbocycles. The maximum Gasteiger partial charge on any atom is 0.164 e. The van der Waals surface area contributed by atoms with Crippen LogP contribution in [0.1, 0.15) is 10.4 Å². The topological polar surface area (TPSA) is 47.8 Å². The van der Waals surface area contributed by atoms with Crippen LogP contribution in [0.3, 0.4) is 0 Å². The number of aromatic nitrogens is 3. The quantitative estimate of drug-likeness (QED) is 0.693. The average molecular weight is 281 g/mol. The van der Waals surface area contributed by atoms with Crippen LogP contribution in [-0.2, 0) is 7.05 Å². The monoisotopic (exact) mass is 281 g/mol. The standard InChI is InChI=1S/C16H12FN3O/c1-20-10-18-19-16(20)15-12(9-21)3-2-4-14(15)11-5-7-13(17)8-6-11/h2-10H,1H3. The first-order chi connectivity index (χ1) is 10.2. The summed E-state index contributed by atoms with van der Waals surface area (Å²) in [6, 6.07) is 11.5. The summed E-state index contributed by atoms with van der Waals surface area (Å²) in [5, 5.41) is 7.94. The van der Waals surface area contributed by atoms with Crippen LogP contribution in [0, 0.1) is 5.82 Å². The van der Waals surface area contributed by atoms with Gasteiger partial charge in [-0.3, -0.25) is 4.79 Å². The molecule has 2 aromatic carbocycles. The number of nitrogens with zero attached hydrogens (tertiary/aromatic N) is 3. The van der Waals surface area contributed by atoms with E-state index in [9.17, 15) is 9.18 Å². The minimum atomic E-state index is -0.300. The van der Waals surface area contributed by atoms with Crippen LogP contribution in [0.15, 0.2) is 48.8 Å². The molecule has 0 N–H and O–H groups in total. The van der Waals surface area contributed by atoms with Crippen LogP contribution in [0.4, 0.5) is 4.39 Å². The summed E-state index contributed by atoms with van der Waals surface area (Å²) < 4.78 is 14.8. The summed E-state index contributed by atoms with van der Waals surface area (Å²) >= 11 is 0. The van der Waals surface area contributed by atoms with E-state index in [4.69, 9.17) is 0 Å². The number of carbonyl (C=O) groups excluding carboxylic acids is 1. The van der Waals surface area contributed by atoms with Crippen molar-refractivity contribution in [1.29, 1.82) is 0 Å². The van der Waals surface area contributed by atoms with Crippen LogP contribution in [0.25, 0.3) is 22.5 Å². The fraction of sp³-hybridized carbons (Fsp3) is 0.0625. The van der Waals surface area contributed by atoms with Crippen molar-refractivity contribution in [3.05, 3.63) is 60.2 Å². The van der Waals surface area contributed by atoms with Crippen LogP contribution >= 0.6 is 0 Å². The zero-order valence-corrected chi connectivity index (χ0v) is 11.3. The highest BCUT2D eigenvalue weighted by Gasteiger charge is 2.16. The molecule has 0 aliphatic carbocycles. The van der Waals surface area contributed by atoms with Crippen molar-refractivity contribution in [2.75, 3.05) is 0 Å². The first kappa shape index (κ1) is 13.2. The lowest BCUT2D eigenvalue weighted by atomic mass is 9.95. The van der Waals surface area contributed by atoms with E-state index >= 15 is 0 Å². The zero-order valence-electron chi connectivity index (χ0n) is 11.3. The van der Waals surface area contributed by atoms with E-state index in [-0.39, 0.29) is 5.82 Å². The number of carbonyl (C=O) groups is 1. The van der Waals surface area contributed by atoms with E-state index in [1.54, 1.807) is 35.2 Å². The molecule has 21 heavy (non-hydrogen) atoms. The molecular weight excluding hydrogens is 269 g/mol. The van der Waals surface area contributed by atoms with Gasteiger partial charge in [0.25, 0.3) is 0 Å². The SMILES string of the molecule is Cn1cnnc1-c1c(C=O)cccc1-c1ccc(F)cc1. The van der Waals surface area contributed by atoms with Gasteiger partial charge in [-0.15, -0.1) is 10.2 Å². The van der Waals surface area contributed by atoms with Crippen LogP contribution in [0.5, 0.6) is 0 Å². The molecule has 0 aliphatic heterocycles. The molecule has 0 saturated heterocycles. The van der Waals surface area contributed by atoms with Gasteiger partial charge in [0.1, 0.15) is 12.1 Å². The number of aryl methyl sites for hydroxylation is 1. The van der Waals surface area contributed by atoms with Gasteiger partial charge in [-0.25, -0.2) is 4.39 Å². The number of aldehydes is 1. The van der Waals surface area contributed by atoms with Gasteiger partial charge < -0.3 is 4.57 Å². The second-order valence-corrected chi connectivity index (χ2v) is 4.66. The molecule has 0 amide bonds. The van der Waals surface area contributed by atoms with Crippen molar-refractivity contribution in [2.45, 2.75) is 0 Å². The lowest BCUT2D eigenvalue weighted by Gasteiger charge is -2.11. The molecule has 5 heteroatoms. The third kappa shape index (κ3) is 2.33. The molecular formula is C16H12FN3O. The summed E-state index contributed by atoms with van der Waals surface area (Å²) in [5.74, 6) is 0.294. The van der Waals surface area contributed by atoms with E-state index in [0.29, 0.717) is 17.0 Å². The summed E-state index contributed by atoms with van der Waals surface area (Å²) in [7, 11) is 1.81. The van der Waals surface area contributed by atoms with Crippen molar-refractivity contribution >= 4 is 6.29 Å². The summed E-state index contributed by atoms with van der Waals surface area (Å²) in [6.45, 7) is 0. The highest BCUT2D eigenvalue weighted by Crippen LogP contribution is 2.33. The molecule has 1 heterocycles. The van der Waals surface area contributed by atoms with Crippen molar-refractivity contribution in [2.24, 2.45) is 7.05 Å². The Bertz CT molecular complexity index is 794. The third-order valence-corrected chi connectivity index (χ3v) is 3.31. The van der Waals surface area contributed by atoms with Crippen molar-refractivity contribution < 1.29 is 9.18 Å². The maximum atomic E-state index is 13.1. The Morgan fingerprint density at radius 2 is 1.90 bits per heavy atom. The molecule has 3 rings (SSSR count). The number of hydrogen-bond acceptors (Lipinski definition) is 3. The average Bonchev–Trinajstić information content (AvgIpc) is 2.93. The first-order valence-electron chi connectivity index (χ1n) is 6.39. The van der Waals surface area contributed by atoms with Crippen LogP contribution in [0.2, 0.25) is 0 Å². The Labute approximate surface area is 120 Å². The number of benzene rings is 2. The predicted molar refractivity (Wildman–Crippen MR) is 77.2 cm³/mol. The Morgan fingerprint density at radius 3 is 2.52 bits per heavy atom. The molecule has 0 aliphatic rings.